The zero-order valence-corrected chi connectivity index (χ0v) is 13.3. The second-order valence-corrected chi connectivity index (χ2v) is 4.14. The Labute approximate surface area is 138 Å². The first-order valence-corrected chi connectivity index (χ1v) is 6.37. The van der Waals surface area contributed by atoms with Gasteiger partial charge in [-0.1, -0.05) is 0 Å². The van der Waals surface area contributed by atoms with Crippen molar-refractivity contribution in [3.8, 4) is 0 Å². The van der Waals surface area contributed by atoms with Crippen molar-refractivity contribution in [2.45, 2.75) is 0 Å². The third kappa shape index (κ3) is 225. The summed E-state index contributed by atoms with van der Waals surface area (Å²) in [5, 5.41) is 7.00. The molecule has 0 aliphatic heterocycles. The molecule has 13 nitrogen and oxygen atoms in total. The minimum atomic E-state index is -4.86. The maximum atomic E-state index is 8.97. The van der Waals surface area contributed by atoms with Crippen LogP contribution >= 0.6 is 0 Å². The Morgan fingerprint density at radius 1 is 0.765 bits per heavy atom. The largest absolute Gasteiger partial charge is 1.00 e. The van der Waals surface area contributed by atoms with Crippen molar-refractivity contribution in [1.82, 2.24) is 0 Å². The molecule has 17 heavy (non-hydrogen) atoms. The van der Waals surface area contributed by atoms with Crippen LogP contribution in [0.25, 0.3) is 0 Å². The first-order chi connectivity index (χ1) is 6.56. The minimum absolute atomic E-state index is 0. The zero-order valence-electron chi connectivity index (χ0n) is 7.73. The standard InChI is InChI=1S/K.H2O5S.2H2O4S/c;1-5-6(2,3)4;2*1-5(2,3)4/h;1H,(H,2,3,4);2*(H2,1,2,3,4)/q+1;;;/p-1. The Morgan fingerprint density at radius 2 is 0.824 bits per heavy atom. The van der Waals surface area contributed by atoms with Crippen molar-refractivity contribution in [1.29, 1.82) is 0 Å². The SMILES string of the molecule is O=S(=O)(O)O.O=S(=O)(O)O.O=S(=O)([O-])OO.[K+]. The molecule has 0 aromatic carbocycles. The molecule has 0 aliphatic carbocycles. The van der Waals surface area contributed by atoms with Gasteiger partial charge >= 0.3 is 72.2 Å². The van der Waals surface area contributed by atoms with Crippen LogP contribution in [0.4, 0.5) is 0 Å². The van der Waals surface area contributed by atoms with Gasteiger partial charge < -0.3 is 4.55 Å². The molecule has 5 N–H and O–H groups in total. The van der Waals surface area contributed by atoms with Gasteiger partial charge in [-0.3, -0.25) is 18.2 Å². The van der Waals surface area contributed by atoms with Crippen LogP contribution in [0.15, 0.2) is 0 Å². The van der Waals surface area contributed by atoms with Gasteiger partial charge in [-0.05, 0) is 0 Å². The monoisotopic (exact) mass is 348 g/mol. The molecule has 0 aromatic rings. The van der Waals surface area contributed by atoms with Gasteiger partial charge in [0.15, 0.2) is 0 Å². The summed E-state index contributed by atoms with van der Waals surface area (Å²) in [6, 6.07) is 0. The molecule has 102 valence electrons. The van der Waals surface area contributed by atoms with Crippen molar-refractivity contribution in [3.63, 3.8) is 0 Å². The average Bonchev–Trinajstić information content (AvgIpc) is 1.77. The van der Waals surface area contributed by atoms with Gasteiger partial charge in [0.05, 0.1) is 0 Å². The van der Waals surface area contributed by atoms with Crippen LogP contribution in [-0.4, -0.2) is 53.3 Å². The molecule has 0 amide bonds. The normalized spacial score (nSPS) is 10.9. The fourth-order valence-electron chi connectivity index (χ4n) is 0. The quantitative estimate of drug-likeness (QED) is 0.0978. The molecular formula is H5KO13S3. The van der Waals surface area contributed by atoms with E-state index in [1.54, 1.807) is 0 Å². The van der Waals surface area contributed by atoms with Gasteiger partial charge in [0, 0.05) is 0 Å². The molecule has 0 rings (SSSR count). The molecule has 0 fully saturated rings. The Kier molecular flexibility index (Phi) is 17.4. The van der Waals surface area contributed by atoms with Crippen LogP contribution in [0.5, 0.6) is 0 Å². The van der Waals surface area contributed by atoms with Crippen LogP contribution in [0.2, 0.25) is 0 Å². The molecule has 0 spiro atoms. The second-order valence-electron chi connectivity index (χ2n) is 1.38. The van der Waals surface area contributed by atoms with E-state index in [2.05, 4.69) is 4.33 Å². The molecule has 17 heteroatoms. The molecule has 0 saturated carbocycles. The van der Waals surface area contributed by atoms with Crippen molar-refractivity contribution in [2.75, 3.05) is 0 Å². The number of rotatable bonds is 1. The van der Waals surface area contributed by atoms with E-state index in [1.807, 2.05) is 0 Å². The maximum Gasteiger partial charge on any atom is 1.00 e. The topological polar surface area (TPSA) is 236 Å². The Balaban J connectivity index is -0.0000000729. The van der Waals surface area contributed by atoms with Crippen LogP contribution in [-0.2, 0) is 35.5 Å². The third-order valence-corrected chi connectivity index (χ3v) is 0.274. The average molecular weight is 348 g/mol. The molecule has 0 bridgehead atoms. The zero-order chi connectivity index (χ0) is 14.2. The predicted molar refractivity (Wildman–Crippen MR) is 41.8 cm³/mol. The summed E-state index contributed by atoms with van der Waals surface area (Å²) >= 11 is 0. The Hall–Kier alpha value is 1.21. The van der Waals surface area contributed by atoms with E-state index < -0.39 is 31.2 Å². The summed E-state index contributed by atoms with van der Waals surface area (Å²) < 4.78 is 92.4. The van der Waals surface area contributed by atoms with Gasteiger partial charge in [-0.25, -0.2) is 13.7 Å². The van der Waals surface area contributed by atoms with Gasteiger partial charge in [-0.2, -0.15) is 16.8 Å². The summed E-state index contributed by atoms with van der Waals surface area (Å²) in [7, 11) is -14.2. The minimum Gasteiger partial charge on any atom is -0.724 e. The first-order valence-electron chi connectivity index (χ1n) is 2.25. The Bertz CT molecular complexity index is 401. The third-order valence-electron chi connectivity index (χ3n) is 0.0913. The maximum absolute atomic E-state index is 8.97. The van der Waals surface area contributed by atoms with Gasteiger partial charge in [0.1, 0.15) is 0 Å². The smallest absolute Gasteiger partial charge is 0.724 e. The van der Waals surface area contributed by atoms with Crippen LogP contribution in [0.3, 0.4) is 0 Å². The fourth-order valence-corrected chi connectivity index (χ4v) is 0. The van der Waals surface area contributed by atoms with E-state index >= 15 is 0 Å². The molecule has 0 unspecified atom stereocenters. The van der Waals surface area contributed by atoms with Crippen LogP contribution in [0, 0.1) is 0 Å². The molecule has 0 radical (unpaired) electrons. The molecule has 0 atom stereocenters. The van der Waals surface area contributed by atoms with E-state index in [9.17, 15) is 0 Å². The molecular weight excluding hydrogens is 343 g/mol. The van der Waals surface area contributed by atoms with Crippen molar-refractivity contribution >= 4 is 31.2 Å². The van der Waals surface area contributed by atoms with E-state index in [4.69, 9.17) is 53.3 Å². The number of hydrogen-bond acceptors (Lipinski definition) is 9. The first kappa shape index (κ1) is 26.7. The fraction of sp³-hybridized carbons (Fsp3) is 0. The number of hydrogen-bond donors (Lipinski definition) is 5. The van der Waals surface area contributed by atoms with E-state index in [-0.39, 0.29) is 51.4 Å². The summed E-state index contributed by atoms with van der Waals surface area (Å²) in [6.07, 6.45) is 0. The van der Waals surface area contributed by atoms with Crippen molar-refractivity contribution in [2.24, 2.45) is 0 Å². The second kappa shape index (κ2) is 11.1. The van der Waals surface area contributed by atoms with Gasteiger partial charge in [0.25, 0.3) is 0 Å². The van der Waals surface area contributed by atoms with Gasteiger partial charge in [0.2, 0.25) is 10.4 Å². The van der Waals surface area contributed by atoms with E-state index in [1.165, 1.54) is 0 Å². The van der Waals surface area contributed by atoms with Crippen molar-refractivity contribution in [3.05, 3.63) is 0 Å². The molecule has 0 saturated heterocycles. The summed E-state index contributed by atoms with van der Waals surface area (Å²) in [5.74, 6) is 0. The van der Waals surface area contributed by atoms with E-state index in [0.717, 1.165) is 0 Å². The van der Waals surface area contributed by atoms with Crippen LogP contribution in [0.1, 0.15) is 0 Å². The van der Waals surface area contributed by atoms with Gasteiger partial charge in [-0.15, -0.1) is 4.33 Å². The molecule has 0 aromatic heterocycles. The van der Waals surface area contributed by atoms with E-state index in [0.29, 0.717) is 0 Å². The molecule has 0 heterocycles. The molecule has 0 aliphatic rings. The summed E-state index contributed by atoms with van der Waals surface area (Å²) in [5.41, 5.74) is 0. The summed E-state index contributed by atoms with van der Waals surface area (Å²) in [6.45, 7) is 0. The predicted octanol–water partition coefficient (Wildman–Crippen LogP) is -5.37. The van der Waals surface area contributed by atoms with Crippen molar-refractivity contribution < 1.29 is 109 Å². The Morgan fingerprint density at radius 3 is 0.824 bits per heavy atom. The summed E-state index contributed by atoms with van der Waals surface area (Å²) in [4.78, 5) is 0. The van der Waals surface area contributed by atoms with Crippen LogP contribution < -0.4 is 51.4 Å².